The molecule has 0 saturated carbocycles. The molecule has 1 rings (SSSR count). The van der Waals surface area contributed by atoms with Crippen molar-refractivity contribution >= 4 is 17.3 Å². The van der Waals surface area contributed by atoms with Crippen molar-refractivity contribution in [2.24, 2.45) is 5.73 Å². The van der Waals surface area contributed by atoms with E-state index in [-0.39, 0.29) is 23.0 Å². The summed E-state index contributed by atoms with van der Waals surface area (Å²) in [6.07, 6.45) is 0. The highest BCUT2D eigenvalue weighted by Gasteiger charge is 2.12. The molecule has 5 nitrogen and oxygen atoms in total. The SMILES string of the molecule is CC(CNc1cc(C(N)=O)c(N)cc1F)N(C)C. The summed E-state index contributed by atoms with van der Waals surface area (Å²) in [4.78, 5) is 13.1. The van der Waals surface area contributed by atoms with Crippen LogP contribution in [0.15, 0.2) is 12.1 Å². The zero-order valence-electron chi connectivity index (χ0n) is 10.8. The van der Waals surface area contributed by atoms with E-state index in [4.69, 9.17) is 11.5 Å². The third kappa shape index (κ3) is 3.33. The number of hydrogen-bond donors (Lipinski definition) is 3. The lowest BCUT2D eigenvalue weighted by Crippen LogP contribution is -2.31. The molecule has 0 fully saturated rings. The first kappa shape index (κ1) is 14.2. The van der Waals surface area contributed by atoms with Gasteiger partial charge in [-0.2, -0.15) is 0 Å². The third-order valence-electron chi connectivity index (χ3n) is 2.87. The molecule has 0 aliphatic heterocycles. The summed E-state index contributed by atoms with van der Waals surface area (Å²) in [6, 6.07) is 2.66. The molecule has 1 unspecified atom stereocenters. The second-order valence-corrected chi connectivity index (χ2v) is 4.48. The van der Waals surface area contributed by atoms with Gasteiger partial charge in [-0.15, -0.1) is 0 Å². The number of halogens is 1. The van der Waals surface area contributed by atoms with Gasteiger partial charge in [-0.1, -0.05) is 0 Å². The molecule has 0 spiro atoms. The first-order chi connectivity index (χ1) is 8.32. The van der Waals surface area contributed by atoms with Gasteiger partial charge in [0.25, 0.3) is 5.91 Å². The molecule has 1 amide bonds. The zero-order valence-corrected chi connectivity index (χ0v) is 10.8. The van der Waals surface area contributed by atoms with Crippen molar-refractivity contribution < 1.29 is 9.18 Å². The lowest BCUT2D eigenvalue weighted by atomic mass is 10.1. The van der Waals surface area contributed by atoms with E-state index in [2.05, 4.69) is 5.32 Å². The highest BCUT2D eigenvalue weighted by Crippen LogP contribution is 2.22. The van der Waals surface area contributed by atoms with E-state index < -0.39 is 11.7 Å². The summed E-state index contributed by atoms with van der Waals surface area (Å²) in [5, 5.41) is 2.94. The van der Waals surface area contributed by atoms with Crippen LogP contribution in [0.5, 0.6) is 0 Å². The van der Waals surface area contributed by atoms with E-state index in [0.717, 1.165) is 6.07 Å². The second-order valence-electron chi connectivity index (χ2n) is 4.48. The average molecular weight is 254 g/mol. The molecule has 0 aliphatic carbocycles. The molecule has 0 aliphatic rings. The molecule has 1 atom stereocenters. The number of likely N-dealkylation sites (N-methyl/N-ethyl adjacent to an activating group) is 1. The Labute approximate surface area is 106 Å². The topological polar surface area (TPSA) is 84.4 Å². The lowest BCUT2D eigenvalue weighted by Gasteiger charge is -2.21. The standard InChI is InChI=1S/C12H19FN4O/c1-7(17(2)3)6-16-11-4-8(12(15)18)10(14)5-9(11)13/h4-5,7,16H,6,14H2,1-3H3,(H2,15,18). The van der Waals surface area contributed by atoms with E-state index in [1.165, 1.54) is 6.07 Å². The number of benzene rings is 1. The van der Waals surface area contributed by atoms with E-state index in [0.29, 0.717) is 6.54 Å². The molecule has 1 aromatic rings. The summed E-state index contributed by atoms with van der Waals surface area (Å²) in [5.74, 6) is -1.17. The number of carbonyl (C=O) groups is 1. The van der Waals surface area contributed by atoms with Crippen molar-refractivity contribution in [2.45, 2.75) is 13.0 Å². The fraction of sp³-hybridized carbons (Fsp3) is 0.417. The molecular weight excluding hydrogens is 235 g/mol. The Morgan fingerprint density at radius 1 is 1.50 bits per heavy atom. The van der Waals surface area contributed by atoms with Crippen LogP contribution in [0.2, 0.25) is 0 Å². The Morgan fingerprint density at radius 3 is 2.61 bits per heavy atom. The van der Waals surface area contributed by atoms with Crippen LogP contribution >= 0.6 is 0 Å². The maximum Gasteiger partial charge on any atom is 0.250 e. The van der Waals surface area contributed by atoms with Gasteiger partial charge in [0.1, 0.15) is 5.82 Å². The number of hydrogen-bond acceptors (Lipinski definition) is 4. The van der Waals surface area contributed by atoms with E-state index in [1.807, 2.05) is 25.9 Å². The normalized spacial score (nSPS) is 12.5. The molecule has 0 saturated heterocycles. The molecule has 100 valence electrons. The predicted octanol–water partition coefficient (Wildman–Crippen LogP) is 0.869. The number of nitrogens with one attached hydrogen (secondary N) is 1. The van der Waals surface area contributed by atoms with Gasteiger partial charge in [0.15, 0.2) is 0 Å². The highest BCUT2D eigenvalue weighted by molar-refractivity contribution is 5.99. The molecule has 1 aromatic carbocycles. The first-order valence-corrected chi connectivity index (χ1v) is 5.62. The van der Waals surface area contributed by atoms with Crippen molar-refractivity contribution in [2.75, 3.05) is 31.7 Å². The van der Waals surface area contributed by atoms with E-state index >= 15 is 0 Å². The Morgan fingerprint density at radius 2 is 2.11 bits per heavy atom. The quantitative estimate of drug-likeness (QED) is 0.681. The van der Waals surface area contributed by atoms with Crippen molar-refractivity contribution in [3.05, 3.63) is 23.5 Å². The number of primary amides is 1. The smallest absolute Gasteiger partial charge is 0.250 e. The molecule has 6 heteroatoms. The number of nitrogen functional groups attached to an aromatic ring is 1. The maximum absolute atomic E-state index is 13.6. The van der Waals surface area contributed by atoms with Crippen molar-refractivity contribution in [1.82, 2.24) is 4.90 Å². The maximum atomic E-state index is 13.6. The Balaban J connectivity index is 2.89. The van der Waals surface area contributed by atoms with Crippen LogP contribution in [0, 0.1) is 5.82 Å². The average Bonchev–Trinajstić information content (AvgIpc) is 2.26. The van der Waals surface area contributed by atoms with E-state index in [9.17, 15) is 9.18 Å². The number of nitrogens with zero attached hydrogens (tertiary/aromatic N) is 1. The van der Waals surface area contributed by atoms with Crippen LogP contribution in [0.3, 0.4) is 0 Å². The highest BCUT2D eigenvalue weighted by atomic mass is 19.1. The van der Waals surface area contributed by atoms with Gasteiger partial charge in [0, 0.05) is 18.3 Å². The monoisotopic (exact) mass is 254 g/mol. The number of carbonyl (C=O) groups excluding carboxylic acids is 1. The van der Waals surface area contributed by atoms with Gasteiger partial charge in [0.2, 0.25) is 0 Å². The molecule has 18 heavy (non-hydrogen) atoms. The van der Waals surface area contributed by atoms with Gasteiger partial charge in [-0.05, 0) is 33.2 Å². The Hall–Kier alpha value is -1.82. The predicted molar refractivity (Wildman–Crippen MR) is 71.0 cm³/mol. The van der Waals surface area contributed by atoms with E-state index in [1.54, 1.807) is 0 Å². The van der Waals surface area contributed by atoms with Crippen molar-refractivity contribution in [1.29, 1.82) is 0 Å². The van der Waals surface area contributed by atoms with Crippen molar-refractivity contribution in [3.63, 3.8) is 0 Å². The summed E-state index contributed by atoms with van der Waals surface area (Å²) < 4.78 is 13.6. The molecular formula is C12H19FN4O. The zero-order chi connectivity index (χ0) is 13.9. The van der Waals surface area contributed by atoms with Gasteiger partial charge in [-0.25, -0.2) is 4.39 Å². The third-order valence-corrected chi connectivity index (χ3v) is 2.87. The summed E-state index contributed by atoms with van der Waals surface area (Å²) in [7, 11) is 3.86. The summed E-state index contributed by atoms with van der Waals surface area (Å²) in [5.41, 5.74) is 11.1. The van der Waals surface area contributed by atoms with Crippen molar-refractivity contribution in [3.8, 4) is 0 Å². The molecule has 0 heterocycles. The fourth-order valence-electron chi connectivity index (χ4n) is 1.38. The first-order valence-electron chi connectivity index (χ1n) is 5.62. The number of nitrogens with two attached hydrogens (primary N) is 2. The largest absolute Gasteiger partial charge is 0.398 e. The Kier molecular flexibility index (Phi) is 4.49. The van der Waals surface area contributed by atoms with Gasteiger partial charge < -0.3 is 21.7 Å². The number of anilines is 2. The van der Waals surface area contributed by atoms with Crippen LogP contribution in [0.4, 0.5) is 15.8 Å². The number of rotatable bonds is 5. The molecule has 0 radical (unpaired) electrons. The minimum absolute atomic E-state index is 0.0474. The minimum atomic E-state index is -0.670. The molecule has 5 N–H and O–H groups in total. The van der Waals surface area contributed by atoms with Crippen LogP contribution in [0.1, 0.15) is 17.3 Å². The van der Waals surface area contributed by atoms with Gasteiger partial charge in [-0.3, -0.25) is 4.79 Å². The summed E-state index contributed by atoms with van der Waals surface area (Å²) in [6.45, 7) is 2.54. The van der Waals surface area contributed by atoms with Gasteiger partial charge >= 0.3 is 0 Å². The minimum Gasteiger partial charge on any atom is -0.398 e. The Bertz CT molecular complexity index is 448. The van der Waals surface area contributed by atoms with Crippen LogP contribution in [-0.2, 0) is 0 Å². The molecule has 0 aromatic heterocycles. The lowest BCUT2D eigenvalue weighted by molar-refractivity contribution is 0.100. The van der Waals surface area contributed by atoms with Crippen LogP contribution in [-0.4, -0.2) is 37.5 Å². The van der Waals surface area contributed by atoms with Gasteiger partial charge in [0.05, 0.1) is 11.3 Å². The molecule has 0 bridgehead atoms. The second kappa shape index (κ2) is 5.68. The number of amides is 1. The fourth-order valence-corrected chi connectivity index (χ4v) is 1.38. The van der Waals surface area contributed by atoms with Crippen LogP contribution in [0.25, 0.3) is 0 Å². The van der Waals surface area contributed by atoms with Crippen LogP contribution < -0.4 is 16.8 Å². The summed E-state index contributed by atoms with van der Waals surface area (Å²) >= 11 is 0.